The average Bonchev–Trinajstić information content (AvgIpc) is 3.00. The normalized spacial score (nSPS) is 17.4. The highest BCUT2D eigenvalue weighted by atomic mass is 32.1. The SMILES string of the molecule is O=C1OC(c2ccccc2)OC(=O)C1=Cc1ccc([N+](=O)[O-])s1. The second kappa shape index (κ2) is 6.01. The van der Waals surface area contributed by atoms with E-state index in [1.54, 1.807) is 30.3 Å². The van der Waals surface area contributed by atoms with Crippen LogP contribution in [0.1, 0.15) is 16.7 Å². The van der Waals surface area contributed by atoms with Crippen LogP contribution in [0.3, 0.4) is 0 Å². The van der Waals surface area contributed by atoms with Crippen LogP contribution in [0.15, 0.2) is 48.0 Å². The third kappa shape index (κ3) is 3.11. The van der Waals surface area contributed by atoms with E-state index in [1.807, 2.05) is 0 Å². The van der Waals surface area contributed by atoms with E-state index in [9.17, 15) is 19.7 Å². The number of esters is 2. The molecular formula is C15H9NO6S. The summed E-state index contributed by atoms with van der Waals surface area (Å²) < 4.78 is 10.2. The molecule has 0 unspecified atom stereocenters. The van der Waals surface area contributed by atoms with Crippen molar-refractivity contribution in [3.05, 3.63) is 68.6 Å². The van der Waals surface area contributed by atoms with Gasteiger partial charge in [-0.3, -0.25) is 10.1 Å². The van der Waals surface area contributed by atoms with Gasteiger partial charge in [0.2, 0.25) is 0 Å². The van der Waals surface area contributed by atoms with Gasteiger partial charge in [0, 0.05) is 16.5 Å². The van der Waals surface area contributed by atoms with Gasteiger partial charge in [-0.1, -0.05) is 41.7 Å². The molecule has 1 aromatic heterocycles. The zero-order chi connectivity index (χ0) is 16.4. The smallest absolute Gasteiger partial charge is 0.348 e. The van der Waals surface area contributed by atoms with Gasteiger partial charge in [0.05, 0.1) is 4.92 Å². The molecule has 1 saturated heterocycles. The largest absolute Gasteiger partial charge is 0.417 e. The number of benzene rings is 1. The Bertz CT molecular complexity index is 790. The van der Waals surface area contributed by atoms with Crippen molar-refractivity contribution in [1.29, 1.82) is 0 Å². The summed E-state index contributed by atoms with van der Waals surface area (Å²) in [6, 6.07) is 11.3. The Morgan fingerprint density at radius 3 is 2.26 bits per heavy atom. The molecule has 23 heavy (non-hydrogen) atoms. The van der Waals surface area contributed by atoms with Crippen LogP contribution in [0.2, 0.25) is 0 Å². The lowest BCUT2D eigenvalue weighted by Crippen LogP contribution is -2.29. The van der Waals surface area contributed by atoms with Gasteiger partial charge in [0.25, 0.3) is 6.29 Å². The molecule has 1 aliphatic rings. The van der Waals surface area contributed by atoms with E-state index in [2.05, 4.69) is 0 Å². The molecule has 116 valence electrons. The fourth-order valence-corrected chi connectivity index (χ4v) is 2.72. The average molecular weight is 331 g/mol. The van der Waals surface area contributed by atoms with Gasteiger partial charge >= 0.3 is 16.9 Å². The van der Waals surface area contributed by atoms with Gasteiger partial charge in [-0.05, 0) is 12.1 Å². The predicted octanol–water partition coefficient (Wildman–Crippen LogP) is 2.84. The molecule has 0 atom stereocenters. The highest BCUT2D eigenvalue weighted by Gasteiger charge is 2.34. The van der Waals surface area contributed by atoms with Crippen LogP contribution in [0.5, 0.6) is 0 Å². The number of ether oxygens (including phenoxy) is 2. The predicted molar refractivity (Wildman–Crippen MR) is 80.3 cm³/mol. The number of carbonyl (C=O) groups excluding carboxylic acids is 2. The van der Waals surface area contributed by atoms with Crippen LogP contribution in [0.25, 0.3) is 6.08 Å². The summed E-state index contributed by atoms with van der Waals surface area (Å²) in [5.74, 6) is -1.66. The fourth-order valence-electron chi connectivity index (χ4n) is 1.95. The number of cyclic esters (lactones) is 2. The summed E-state index contributed by atoms with van der Waals surface area (Å²) in [5.41, 5.74) is 0.244. The molecule has 1 aromatic carbocycles. The number of rotatable bonds is 3. The molecule has 0 N–H and O–H groups in total. The van der Waals surface area contributed by atoms with Crippen LogP contribution in [-0.2, 0) is 19.1 Å². The first-order valence-corrected chi connectivity index (χ1v) is 7.29. The lowest BCUT2D eigenvalue weighted by Gasteiger charge is -2.23. The van der Waals surface area contributed by atoms with E-state index >= 15 is 0 Å². The van der Waals surface area contributed by atoms with E-state index in [4.69, 9.17) is 9.47 Å². The first-order valence-electron chi connectivity index (χ1n) is 6.47. The Kier molecular flexibility index (Phi) is 3.90. The summed E-state index contributed by atoms with van der Waals surface area (Å²) in [4.78, 5) is 34.5. The van der Waals surface area contributed by atoms with Crippen LogP contribution in [0.4, 0.5) is 5.00 Å². The molecule has 0 saturated carbocycles. The molecule has 3 rings (SSSR count). The highest BCUT2D eigenvalue weighted by molar-refractivity contribution is 7.16. The van der Waals surface area contributed by atoms with E-state index in [0.717, 1.165) is 11.3 Å². The van der Waals surface area contributed by atoms with Crippen molar-refractivity contribution in [2.45, 2.75) is 6.29 Å². The van der Waals surface area contributed by atoms with Crippen molar-refractivity contribution < 1.29 is 24.0 Å². The Morgan fingerprint density at radius 1 is 1.04 bits per heavy atom. The molecule has 0 amide bonds. The van der Waals surface area contributed by atoms with Crippen molar-refractivity contribution in [1.82, 2.24) is 0 Å². The topological polar surface area (TPSA) is 95.7 Å². The van der Waals surface area contributed by atoms with Crippen molar-refractivity contribution in [3.8, 4) is 0 Å². The maximum atomic E-state index is 12.0. The minimum absolute atomic E-state index is 0.0865. The third-order valence-electron chi connectivity index (χ3n) is 3.02. The summed E-state index contributed by atoms with van der Waals surface area (Å²) in [6.45, 7) is 0. The summed E-state index contributed by atoms with van der Waals surface area (Å²) >= 11 is 0.845. The monoisotopic (exact) mass is 331 g/mol. The molecule has 0 bridgehead atoms. The molecule has 0 spiro atoms. The Labute approximate surface area is 133 Å². The van der Waals surface area contributed by atoms with E-state index in [1.165, 1.54) is 18.2 Å². The fraction of sp³-hybridized carbons (Fsp3) is 0.0667. The van der Waals surface area contributed by atoms with Gasteiger partial charge < -0.3 is 9.47 Å². The number of hydrogen-bond acceptors (Lipinski definition) is 7. The minimum Gasteiger partial charge on any atom is -0.417 e. The third-order valence-corrected chi connectivity index (χ3v) is 4.00. The van der Waals surface area contributed by atoms with Crippen molar-refractivity contribution in [2.24, 2.45) is 0 Å². The summed E-state index contributed by atoms with van der Waals surface area (Å²) in [5, 5.41) is 10.6. The zero-order valence-electron chi connectivity index (χ0n) is 11.5. The molecular weight excluding hydrogens is 322 g/mol. The molecule has 1 fully saturated rings. The van der Waals surface area contributed by atoms with Crippen LogP contribution < -0.4 is 0 Å². The van der Waals surface area contributed by atoms with Crippen LogP contribution >= 0.6 is 11.3 Å². The highest BCUT2D eigenvalue weighted by Crippen LogP contribution is 2.30. The van der Waals surface area contributed by atoms with Gasteiger partial charge in [-0.15, -0.1) is 0 Å². The summed E-state index contributed by atoms with van der Waals surface area (Å²) in [7, 11) is 0. The lowest BCUT2D eigenvalue weighted by atomic mass is 10.2. The number of hydrogen-bond donors (Lipinski definition) is 0. The molecule has 1 aliphatic heterocycles. The second-order valence-electron chi connectivity index (χ2n) is 4.54. The number of thiophene rings is 1. The van der Waals surface area contributed by atoms with Crippen LogP contribution in [-0.4, -0.2) is 16.9 Å². The summed E-state index contributed by atoms with van der Waals surface area (Å²) in [6.07, 6.45) is 0.134. The standard InChI is InChI=1S/C15H9NO6S/c17-13-11(8-10-6-7-12(23-10)16(19)20)14(18)22-15(21-13)9-4-2-1-3-5-9/h1-8,15H. The van der Waals surface area contributed by atoms with E-state index < -0.39 is 23.2 Å². The Hall–Kier alpha value is -3.00. The molecule has 0 radical (unpaired) electrons. The molecule has 8 heteroatoms. The number of nitro groups is 1. The number of carbonyl (C=O) groups is 2. The van der Waals surface area contributed by atoms with Crippen molar-refractivity contribution in [3.63, 3.8) is 0 Å². The van der Waals surface area contributed by atoms with Crippen molar-refractivity contribution in [2.75, 3.05) is 0 Å². The number of nitrogens with zero attached hydrogens (tertiary/aromatic N) is 1. The van der Waals surface area contributed by atoms with E-state index in [0.29, 0.717) is 10.4 Å². The quantitative estimate of drug-likeness (QED) is 0.282. The van der Waals surface area contributed by atoms with Gasteiger partial charge in [0.1, 0.15) is 5.57 Å². The maximum absolute atomic E-state index is 12.0. The Balaban J connectivity index is 1.82. The maximum Gasteiger partial charge on any atom is 0.348 e. The van der Waals surface area contributed by atoms with E-state index in [-0.39, 0.29) is 10.6 Å². The first kappa shape index (κ1) is 14.9. The Morgan fingerprint density at radius 2 is 1.70 bits per heavy atom. The molecule has 2 heterocycles. The lowest BCUT2D eigenvalue weighted by molar-refractivity contribution is -0.380. The molecule has 0 aliphatic carbocycles. The molecule has 7 nitrogen and oxygen atoms in total. The van der Waals surface area contributed by atoms with Crippen LogP contribution in [0, 0.1) is 10.1 Å². The minimum atomic E-state index is -1.09. The van der Waals surface area contributed by atoms with Gasteiger partial charge in [-0.2, -0.15) is 0 Å². The van der Waals surface area contributed by atoms with Gasteiger partial charge in [-0.25, -0.2) is 9.59 Å². The van der Waals surface area contributed by atoms with Gasteiger partial charge in [0.15, 0.2) is 0 Å². The van der Waals surface area contributed by atoms with Crippen molar-refractivity contribution >= 4 is 34.4 Å². The molecule has 2 aromatic rings. The first-order chi connectivity index (χ1) is 11.0. The zero-order valence-corrected chi connectivity index (χ0v) is 12.3. The second-order valence-corrected chi connectivity index (χ2v) is 5.64.